The van der Waals surface area contributed by atoms with Crippen molar-refractivity contribution in [3.63, 3.8) is 0 Å². The van der Waals surface area contributed by atoms with Gasteiger partial charge < -0.3 is 10.1 Å². The first-order valence-corrected chi connectivity index (χ1v) is 6.60. The quantitative estimate of drug-likeness (QED) is 0.757. The molecule has 0 spiro atoms. The number of nitrogens with one attached hydrogen (secondary N) is 2. The minimum absolute atomic E-state index is 0.180. The number of H-pyrrole nitrogens is 1. The van der Waals surface area contributed by atoms with Crippen molar-refractivity contribution in [3.05, 3.63) is 54.2 Å². The molecule has 1 unspecified atom stereocenters. The van der Waals surface area contributed by atoms with Gasteiger partial charge >= 0.3 is 0 Å². The van der Waals surface area contributed by atoms with Crippen LogP contribution in [-0.2, 0) is 0 Å². The Bertz CT molecular complexity index is 720. The van der Waals surface area contributed by atoms with Gasteiger partial charge in [0.1, 0.15) is 5.75 Å². The first-order valence-electron chi connectivity index (χ1n) is 6.60. The molecular formula is C16H17N3O. The number of anilines is 1. The van der Waals surface area contributed by atoms with Crippen LogP contribution in [0.4, 0.5) is 5.69 Å². The second kappa shape index (κ2) is 5.25. The topological polar surface area (TPSA) is 49.9 Å². The summed E-state index contributed by atoms with van der Waals surface area (Å²) in [5.74, 6) is 0.871. The van der Waals surface area contributed by atoms with E-state index >= 15 is 0 Å². The van der Waals surface area contributed by atoms with Gasteiger partial charge in [-0.25, -0.2) is 0 Å². The Balaban J connectivity index is 1.88. The van der Waals surface area contributed by atoms with Crippen molar-refractivity contribution in [2.75, 3.05) is 12.4 Å². The van der Waals surface area contributed by atoms with Gasteiger partial charge in [-0.15, -0.1) is 0 Å². The molecule has 0 radical (unpaired) electrons. The van der Waals surface area contributed by atoms with E-state index < -0.39 is 0 Å². The molecule has 0 saturated heterocycles. The van der Waals surface area contributed by atoms with Crippen molar-refractivity contribution < 1.29 is 4.74 Å². The first-order chi connectivity index (χ1) is 9.78. The van der Waals surface area contributed by atoms with E-state index in [4.69, 9.17) is 4.74 Å². The Morgan fingerprint density at radius 3 is 2.90 bits per heavy atom. The molecule has 3 aromatic rings. The molecule has 1 atom stereocenters. The maximum atomic E-state index is 5.27. The van der Waals surface area contributed by atoms with Crippen LogP contribution < -0.4 is 10.1 Å². The van der Waals surface area contributed by atoms with Gasteiger partial charge in [-0.3, -0.25) is 5.10 Å². The number of hydrogen-bond acceptors (Lipinski definition) is 3. The Morgan fingerprint density at radius 2 is 2.05 bits per heavy atom. The summed E-state index contributed by atoms with van der Waals surface area (Å²) in [6.07, 6.45) is 1.83. The molecule has 0 aliphatic heterocycles. The summed E-state index contributed by atoms with van der Waals surface area (Å²) in [4.78, 5) is 0. The van der Waals surface area contributed by atoms with Crippen molar-refractivity contribution in [1.82, 2.24) is 10.2 Å². The maximum absolute atomic E-state index is 5.27. The number of aromatic nitrogens is 2. The fourth-order valence-electron chi connectivity index (χ4n) is 2.32. The van der Waals surface area contributed by atoms with Crippen molar-refractivity contribution in [2.45, 2.75) is 13.0 Å². The van der Waals surface area contributed by atoms with Crippen LogP contribution in [0.1, 0.15) is 18.5 Å². The van der Waals surface area contributed by atoms with Crippen LogP contribution in [-0.4, -0.2) is 17.3 Å². The van der Waals surface area contributed by atoms with Gasteiger partial charge in [-0.1, -0.05) is 24.3 Å². The summed E-state index contributed by atoms with van der Waals surface area (Å²) in [6.45, 7) is 2.13. The van der Waals surface area contributed by atoms with Crippen LogP contribution in [0, 0.1) is 0 Å². The summed E-state index contributed by atoms with van der Waals surface area (Å²) in [5.41, 5.74) is 3.26. The van der Waals surface area contributed by atoms with Crippen molar-refractivity contribution in [3.8, 4) is 5.75 Å². The Kier molecular flexibility index (Phi) is 3.29. The molecule has 2 N–H and O–H groups in total. The fraction of sp³-hybridized carbons (Fsp3) is 0.188. The van der Waals surface area contributed by atoms with Gasteiger partial charge in [0.05, 0.1) is 24.5 Å². The standard InChI is InChI=1S/C16H17N3O/c1-11(12-5-3-7-14(9-12)20-2)18-15-8-4-6-13-10-17-19-16(13)15/h3-11,18H,1-2H3,(H,17,19). The van der Waals surface area contributed by atoms with Crippen molar-refractivity contribution in [1.29, 1.82) is 0 Å². The van der Waals surface area contributed by atoms with Crippen LogP contribution in [0.5, 0.6) is 5.75 Å². The molecule has 0 amide bonds. The highest BCUT2D eigenvalue weighted by Crippen LogP contribution is 2.26. The summed E-state index contributed by atoms with van der Waals surface area (Å²) < 4.78 is 5.27. The van der Waals surface area contributed by atoms with Gasteiger partial charge in [-0.05, 0) is 30.7 Å². The third-order valence-electron chi connectivity index (χ3n) is 3.44. The van der Waals surface area contributed by atoms with E-state index in [9.17, 15) is 0 Å². The molecule has 2 aromatic carbocycles. The number of aromatic amines is 1. The number of para-hydroxylation sites is 1. The molecular weight excluding hydrogens is 250 g/mol. The molecule has 0 saturated carbocycles. The Hall–Kier alpha value is -2.49. The van der Waals surface area contributed by atoms with Crippen LogP contribution in [0.25, 0.3) is 10.9 Å². The van der Waals surface area contributed by atoms with Crippen LogP contribution in [0.3, 0.4) is 0 Å². The van der Waals surface area contributed by atoms with E-state index in [1.807, 2.05) is 36.5 Å². The number of methoxy groups -OCH3 is 1. The third kappa shape index (κ3) is 2.32. The SMILES string of the molecule is COc1cccc(C(C)Nc2cccc3cn[nH]c23)c1. The zero-order chi connectivity index (χ0) is 13.9. The number of nitrogens with zero attached hydrogens (tertiary/aromatic N) is 1. The van der Waals surface area contributed by atoms with E-state index in [0.717, 1.165) is 22.3 Å². The minimum atomic E-state index is 0.180. The summed E-state index contributed by atoms with van der Waals surface area (Å²) >= 11 is 0. The minimum Gasteiger partial charge on any atom is -0.497 e. The molecule has 0 aliphatic rings. The van der Waals surface area contributed by atoms with Gasteiger partial charge in [0, 0.05) is 11.4 Å². The van der Waals surface area contributed by atoms with E-state index in [0.29, 0.717) is 0 Å². The normalized spacial score (nSPS) is 12.3. The highest BCUT2D eigenvalue weighted by Gasteiger charge is 2.09. The number of hydrogen-bond donors (Lipinski definition) is 2. The largest absolute Gasteiger partial charge is 0.497 e. The van der Waals surface area contributed by atoms with Gasteiger partial charge in [0.25, 0.3) is 0 Å². The zero-order valence-corrected chi connectivity index (χ0v) is 11.6. The second-order valence-corrected chi connectivity index (χ2v) is 4.78. The predicted molar refractivity (Wildman–Crippen MR) is 81.1 cm³/mol. The average Bonchev–Trinajstić information content (AvgIpc) is 2.97. The number of rotatable bonds is 4. The average molecular weight is 267 g/mol. The van der Waals surface area contributed by atoms with Crippen molar-refractivity contribution in [2.24, 2.45) is 0 Å². The molecule has 0 bridgehead atoms. The number of benzene rings is 2. The molecule has 0 aliphatic carbocycles. The predicted octanol–water partition coefficient (Wildman–Crippen LogP) is 3.74. The maximum Gasteiger partial charge on any atom is 0.119 e. The lowest BCUT2D eigenvalue weighted by atomic mass is 10.1. The van der Waals surface area contributed by atoms with E-state index in [-0.39, 0.29) is 6.04 Å². The van der Waals surface area contributed by atoms with Gasteiger partial charge in [0.2, 0.25) is 0 Å². The number of ether oxygens (including phenoxy) is 1. The molecule has 3 rings (SSSR count). The lowest BCUT2D eigenvalue weighted by molar-refractivity contribution is 0.414. The van der Waals surface area contributed by atoms with E-state index in [1.165, 1.54) is 5.56 Å². The molecule has 4 heteroatoms. The smallest absolute Gasteiger partial charge is 0.119 e. The van der Waals surface area contributed by atoms with Crippen LogP contribution >= 0.6 is 0 Å². The molecule has 1 heterocycles. The third-order valence-corrected chi connectivity index (χ3v) is 3.44. The first kappa shape index (κ1) is 12.5. The van der Waals surface area contributed by atoms with Gasteiger partial charge in [0.15, 0.2) is 0 Å². The molecule has 0 fully saturated rings. The van der Waals surface area contributed by atoms with Gasteiger partial charge in [-0.2, -0.15) is 5.10 Å². The molecule has 20 heavy (non-hydrogen) atoms. The lowest BCUT2D eigenvalue weighted by Gasteiger charge is -2.17. The summed E-state index contributed by atoms with van der Waals surface area (Å²) in [6, 6.07) is 14.4. The fourth-order valence-corrected chi connectivity index (χ4v) is 2.32. The number of fused-ring (bicyclic) bond motifs is 1. The molecule has 4 nitrogen and oxygen atoms in total. The molecule has 1 aromatic heterocycles. The summed E-state index contributed by atoms with van der Waals surface area (Å²) in [5, 5.41) is 11.7. The molecule has 102 valence electrons. The van der Waals surface area contributed by atoms with Crippen molar-refractivity contribution >= 4 is 16.6 Å². The van der Waals surface area contributed by atoms with Crippen LogP contribution in [0.2, 0.25) is 0 Å². The Labute approximate surface area is 117 Å². The highest BCUT2D eigenvalue weighted by atomic mass is 16.5. The van der Waals surface area contributed by atoms with E-state index in [2.05, 4.69) is 34.6 Å². The highest BCUT2D eigenvalue weighted by molar-refractivity contribution is 5.90. The lowest BCUT2D eigenvalue weighted by Crippen LogP contribution is -2.07. The summed E-state index contributed by atoms with van der Waals surface area (Å²) in [7, 11) is 1.68. The second-order valence-electron chi connectivity index (χ2n) is 4.78. The monoisotopic (exact) mass is 267 g/mol. The zero-order valence-electron chi connectivity index (χ0n) is 11.6. The Morgan fingerprint density at radius 1 is 1.20 bits per heavy atom. The van der Waals surface area contributed by atoms with E-state index in [1.54, 1.807) is 7.11 Å². The van der Waals surface area contributed by atoms with Crippen LogP contribution in [0.15, 0.2) is 48.7 Å².